The molecule has 8 nitrogen and oxygen atoms in total. The number of aliphatic carboxylic acids is 1. The van der Waals surface area contributed by atoms with E-state index in [1.807, 2.05) is 49.4 Å². The number of carboxylic acids is 1. The van der Waals surface area contributed by atoms with Crippen molar-refractivity contribution in [2.45, 2.75) is 39.8 Å². The molecule has 1 aliphatic rings. The van der Waals surface area contributed by atoms with Crippen LogP contribution in [0.25, 0.3) is 11.5 Å². The van der Waals surface area contributed by atoms with Gasteiger partial charge in [-0.05, 0) is 59.8 Å². The molecule has 1 aliphatic heterocycles. The lowest BCUT2D eigenvalue weighted by molar-refractivity contribution is -0.139. The molecule has 3 aromatic rings. The van der Waals surface area contributed by atoms with Gasteiger partial charge in [-0.15, -0.1) is 0 Å². The fourth-order valence-electron chi connectivity index (χ4n) is 4.51. The molecule has 180 valence electrons. The van der Waals surface area contributed by atoms with Crippen molar-refractivity contribution in [1.82, 2.24) is 15.0 Å². The molecule has 1 aromatic heterocycles. The summed E-state index contributed by atoms with van der Waals surface area (Å²) in [6.45, 7) is 9.44. The van der Waals surface area contributed by atoms with E-state index in [0.717, 1.165) is 49.3 Å². The Kier molecular flexibility index (Phi) is 7.47. The van der Waals surface area contributed by atoms with Crippen molar-refractivity contribution in [2.75, 3.05) is 31.1 Å². The van der Waals surface area contributed by atoms with Crippen molar-refractivity contribution in [2.24, 2.45) is 5.92 Å². The number of carbonyl (C=O) groups is 1. The molecule has 0 unspecified atom stereocenters. The molecule has 0 amide bonds. The van der Waals surface area contributed by atoms with E-state index >= 15 is 0 Å². The highest BCUT2D eigenvalue weighted by molar-refractivity contribution is 5.68. The number of hydrogen-bond acceptors (Lipinski definition) is 7. The highest BCUT2D eigenvalue weighted by Crippen LogP contribution is 2.27. The monoisotopic (exact) mass is 464 g/mol. The van der Waals surface area contributed by atoms with Crippen LogP contribution >= 0.6 is 0 Å². The molecular weight excluding hydrogens is 432 g/mol. The first kappa shape index (κ1) is 23.8. The largest absolute Gasteiger partial charge is 0.482 e. The van der Waals surface area contributed by atoms with Crippen molar-refractivity contribution in [1.29, 1.82) is 0 Å². The van der Waals surface area contributed by atoms with Crippen molar-refractivity contribution in [3.8, 4) is 17.2 Å². The highest BCUT2D eigenvalue weighted by atomic mass is 16.5. The summed E-state index contributed by atoms with van der Waals surface area (Å²) in [7, 11) is 0. The van der Waals surface area contributed by atoms with Gasteiger partial charge in [0.1, 0.15) is 5.75 Å². The summed E-state index contributed by atoms with van der Waals surface area (Å²) in [5, 5.41) is 13.2. The van der Waals surface area contributed by atoms with Crippen molar-refractivity contribution in [3.63, 3.8) is 0 Å². The minimum atomic E-state index is -0.979. The van der Waals surface area contributed by atoms with E-state index in [1.165, 1.54) is 0 Å². The highest BCUT2D eigenvalue weighted by Gasteiger charge is 2.30. The van der Waals surface area contributed by atoms with E-state index in [0.29, 0.717) is 23.5 Å². The van der Waals surface area contributed by atoms with Gasteiger partial charge in [0, 0.05) is 37.8 Å². The Morgan fingerprint density at radius 1 is 1.21 bits per heavy atom. The Morgan fingerprint density at radius 2 is 2.00 bits per heavy atom. The number of ether oxygens (including phenoxy) is 1. The number of nitrogens with zero attached hydrogens (tertiary/aromatic N) is 4. The number of carboxylic acid groups (broad SMARTS) is 1. The minimum Gasteiger partial charge on any atom is -0.482 e. The number of piperazine rings is 1. The van der Waals surface area contributed by atoms with Crippen molar-refractivity contribution in [3.05, 3.63) is 59.7 Å². The number of anilines is 1. The molecule has 0 saturated carbocycles. The van der Waals surface area contributed by atoms with Gasteiger partial charge in [-0.25, -0.2) is 4.79 Å². The molecule has 4 rings (SSSR count). The molecule has 0 radical (unpaired) electrons. The third-order valence-electron chi connectivity index (χ3n) is 5.88. The zero-order valence-corrected chi connectivity index (χ0v) is 20.0. The van der Waals surface area contributed by atoms with Crippen LogP contribution in [0.3, 0.4) is 0 Å². The SMILES string of the molecule is Cc1cc(CN2CCN(c3noc(-c4ccccc4)n3)[C@H](CC(C)C)C2)cc(OCC(=O)O)c1. The van der Waals surface area contributed by atoms with E-state index < -0.39 is 5.97 Å². The van der Waals surface area contributed by atoms with Crippen LogP contribution in [0.15, 0.2) is 53.1 Å². The first-order valence-electron chi connectivity index (χ1n) is 11.7. The Hall–Kier alpha value is -3.39. The van der Waals surface area contributed by atoms with Crippen LogP contribution in [0, 0.1) is 12.8 Å². The summed E-state index contributed by atoms with van der Waals surface area (Å²) in [5.74, 6) is 1.32. The molecule has 8 heteroatoms. The molecule has 2 aromatic carbocycles. The second-order valence-electron chi connectivity index (χ2n) is 9.31. The average Bonchev–Trinajstić information content (AvgIpc) is 3.28. The van der Waals surface area contributed by atoms with Gasteiger partial charge in [0.2, 0.25) is 0 Å². The first-order valence-corrected chi connectivity index (χ1v) is 11.7. The number of hydrogen-bond donors (Lipinski definition) is 1. The molecule has 1 N–H and O–H groups in total. The Balaban J connectivity index is 1.47. The van der Waals surface area contributed by atoms with Gasteiger partial charge in [0.15, 0.2) is 6.61 Å². The Morgan fingerprint density at radius 3 is 2.74 bits per heavy atom. The molecule has 1 saturated heterocycles. The summed E-state index contributed by atoms with van der Waals surface area (Å²) < 4.78 is 11.0. The first-order chi connectivity index (χ1) is 16.4. The van der Waals surface area contributed by atoms with Crippen LogP contribution < -0.4 is 9.64 Å². The molecule has 0 spiro atoms. The lowest BCUT2D eigenvalue weighted by Gasteiger charge is -2.41. The summed E-state index contributed by atoms with van der Waals surface area (Å²) >= 11 is 0. The lowest BCUT2D eigenvalue weighted by Crippen LogP contribution is -2.53. The van der Waals surface area contributed by atoms with Gasteiger partial charge in [0.25, 0.3) is 11.8 Å². The van der Waals surface area contributed by atoms with Crippen LogP contribution in [0.4, 0.5) is 5.95 Å². The van der Waals surface area contributed by atoms with Gasteiger partial charge >= 0.3 is 5.97 Å². The van der Waals surface area contributed by atoms with Crippen LogP contribution in [-0.4, -0.2) is 58.4 Å². The number of rotatable bonds is 9. The van der Waals surface area contributed by atoms with E-state index in [2.05, 4.69) is 34.9 Å². The maximum Gasteiger partial charge on any atom is 0.341 e. The third-order valence-corrected chi connectivity index (χ3v) is 5.88. The van der Waals surface area contributed by atoms with Gasteiger partial charge in [-0.1, -0.05) is 38.1 Å². The average molecular weight is 465 g/mol. The maximum absolute atomic E-state index is 10.9. The summed E-state index contributed by atoms with van der Waals surface area (Å²) in [6, 6.07) is 16.0. The Labute approximate surface area is 200 Å². The van der Waals surface area contributed by atoms with E-state index in [1.54, 1.807) is 0 Å². The number of benzene rings is 2. The van der Waals surface area contributed by atoms with E-state index in [-0.39, 0.29) is 12.6 Å². The smallest absolute Gasteiger partial charge is 0.341 e. The fourth-order valence-corrected chi connectivity index (χ4v) is 4.51. The van der Waals surface area contributed by atoms with Crippen LogP contribution in [0.2, 0.25) is 0 Å². The molecule has 0 aliphatic carbocycles. The fraction of sp³-hybridized carbons (Fsp3) is 0.423. The minimum absolute atomic E-state index is 0.266. The molecular formula is C26H32N4O4. The second-order valence-corrected chi connectivity index (χ2v) is 9.31. The quantitative estimate of drug-likeness (QED) is 0.503. The van der Waals surface area contributed by atoms with Gasteiger partial charge in [-0.2, -0.15) is 4.98 Å². The van der Waals surface area contributed by atoms with Gasteiger partial charge in [-0.3, -0.25) is 4.90 Å². The Bertz CT molecular complexity index is 1100. The lowest BCUT2D eigenvalue weighted by atomic mass is 9.99. The summed E-state index contributed by atoms with van der Waals surface area (Å²) in [6.07, 6.45) is 1.02. The zero-order valence-electron chi connectivity index (χ0n) is 20.0. The predicted octanol–water partition coefficient (Wildman–Crippen LogP) is 4.25. The van der Waals surface area contributed by atoms with Crippen LogP contribution in [0.5, 0.6) is 5.75 Å². The number of aromatic nitrogens is 2. The normalized spacial score (nSPS) is 16.7. The zero-order chi connectivity index (χ0) is 24.1. The maximum atomic E-state index is 10.9. The molecule has 2 heterocycles. The van der Waals surface area contributed by atoms with E-state index in [9.17, 15) is 4.79 Å². The van der Waals surface area contributed by atoms with Crippen LogP contribution in [-0.2, 0) is 11.3 Å². The van der Waals surface area contributed by atoms with Crippen molar-refractivity contribution < 1.29 is 19.2 Å². The van der Waals surface area contributed by atoms with E-state index in [4.69, 9.17) is 19.4 Å². The third kappa shape index (κ3) is 6.14. The summed E-state index contributed by atoms with van der Waals surface area (Å²) in [4.78, 5) is 20.2. The van der Waals surface area contributed by atoms with Crippen LogP contribution in [0.1, 0.15) is 31.4 Å². The van der Waals surface area contributed by atoms with Gasteiger partial charge < -0.3 is 19.3 Å². The standard InChI is InChI=1S/C26H32N4O4/c1-18(2)11-22-16-29(15-20-12-19(3)13-23(14-20)33-17-24(31)32)9-10-30(22)26-27-25(34-28-26)21-7-5-4-6-8-21/h4-8,12-14,18,22H,9-11,15-17H2,1-3H3,(H,31,32)/t22-/m1/s1. The van der Waals surface area contributed by atoms with Gasteiger partial charge in [0.05, 0.1) is 0 Å². The molecule has 1 fully saturated rings. The predicted molar refractivity (Wildman–Crippen MR) is 130 cm³/mol. The molecule has 0 bridgehead atoms. The topological polar surface area (TPSA) is 91.9 Å². The summed E-state index contributed by atoms with van der Waals surface area (Å²) in [5.41, 5.74) is 3.08. The molecule has 1 atom stereocenters. The number of aryl methyl sites for hydroxylation is 1. The molecule has 34 heavy (non-hydrogen) atoms. The van der Waals surface area contributed by atoms with Crippen molar-refractivity contribution >= 4 is 11.9 Å². The second kappa shape index (κ2) is 10.7.